The fourth-order valence-corrected chi connectivity index (χ4v) is 4.86. The summed E-state index contributed by atoms with van der Waals surface area (Å²) in [5, 5.41) is 3.64. The van der Waals surface area contributed by atoms with Crippen LogP contribution in [-0.2, 0) is 6.42 Å². The summed E-state index contributed by atoms with van der Waals surface area (Å²) < 4.78 is 0. The van der Waals surface area contributed by atoms with Crippen LogP contribution in [0.3, 0.4) is 0 Å². The minimum absolute atomic E-state index is 0.668. The van der Waals surface area contributed by atoms with Crippen LogP contribution in [0.25, 0.3) is 0 Å². The lowest BCUT2D eigenvalue weighted by Gasteiger charge is -2.25. The molecule has 0 saturated heterocycles. The lowest BCUT2D eigenvalue weighted by Crippen LogP contribution is -2.35. The zero-order valence-corrected chi connectivity index (χ0v) is 11.1. The van der Waals surface area contributed by atoms with Gasteiger partial charge >= 0.3 is 0 Å². The van der Waals surface area contributed by atoms with Crippen molar-refractivity contribution in [1.29, 1.82) is 0 Å². The molecule has 0 aromatic carbocycles. The highest BCUT2D eigenvalue weighted by Gasteiger charge is 2.57. The first kappa shape index (κ1) is 11.0. The Morgan fingerprint density at radius 2 is 2.11 bits per heavy atom. The van der Waals surface area contributed by atoms with Gasteiger partial charge in [0.05, 0.1) is 0 Å². The second-order valence-corrected chi connectivity index (χ2v) is 6.34. The van der Waals surface area contributed by atoms with Gasteiger partial charge in [-0.25, -0.2) is 0 Å². The van der Waals surface area contributed by atoms with E-state index in [4.69, 9.17) is 0 Å². The molecule has 1 aromatic rings. The van der Waals surface area contributed by atoms with Crippen LogP contribution in [0.5, 0.6) is 0 Å². The molecule has 0 spiro atoms. The average molecular weight is 242 g/mol. The van der Waals surface area contributed by atoms with E-state index < -0.39 is 0 Å². The largest absolute Gasteiger partial charge is 0.316 e. The number of nitrogens with zero attached hydrogens (tertiary/aromatic N) is 1. The Morgan fingerprint density at radius 3 is 2.89 bits per heavy atom. The molecule has 4 unspecified atom stereocenters. The van der Waals surface area contributed by atoms with E-state index in [0.717, 1.165) is 17.8 Å². The first-order valence-corrected chi connectivity index (χ1v) is 7.51. The number of aromatic nitrogens is 1. The highest BCUT2D eigenvalue weighted by Crippen LogP contribution is 2.61. The molecular weight excluding hydrogens is 220 g/mol. The molecule has 18 heavy (non-hydrogen) atoms. The van der Waals surface area contributed by atoms with Crippen molar-refractivity contribution in [3.05, 3.63) is 29.6 Å². The monoisotopic (exact) mass is 242 g/mol. The molecule has 4 atom stereocenters. The number of fused-ring (bicyclic) bond motifs is 2. The van der Waals surface area contributed by atoms with E-state index in [2.05, 4.69) is 29.5 Å². The normalized spacial score (nSPS) is 38.3. The Kier molecular flexibility index (Phi) is 2.47. The minimum Gasteiger partial charge on any atom is -0.316 e. The van der Waals surface area contributed by atoms with E-state index in [1.165, 1.54) is 43.4 Å². The Balaban J connectivity index is 1.59. The van der Waals surface area contributed by atoms with E-state index in [-0.39, 0.29) is 0 Å². The smallest absolute Gasteiger partial charge is 0.0482 e. The van der Waals surface area contributed by atoms with E-state index in [9.17, 15) is 0 Å². The molecule has 0 radical (unpaired) electrons. The lowest BCUT2D eigenvalue weighted by atomic mass is 9.89. The molecule has 2 heteroatoms. The maximum Gasteiger partial charge on any atom is 0.0482 e. The molecule has 0 amide bonds. The third kappa shape index (κ3) is 1.48. The second kappa shape index (κ2) is 4.06. The quantitative estimate of drug-likeness (QED) is 0.881. The molecule has 0 bridgehead atoms. The first-order chi connectivity index (χ1) is 8.90. The van der Waals surface area contributed by atoms with E-state index >= 15 is 0 Å². The standard InChI is InChI=1S/C16H22N2/c1-17-16(14-11-5-2-6-12(11)14)13-8-7-10-4-3-9-18-15(10)13/h3-4,9,11-14,16-17H,2,5-8H2,1H3. The topological polar surface area (TPSA) is 24.9 Å². The Hall–Kier alpha value is -0.890. The number of pyridine rings is 1. The lowest BCUT2D eigenvalue weighted by molar-refractivity contribution is 0.365. The van der Waals surface area contributed by atoms with Crippen LogP contribution in [0.1, 0.15) is 42.9 Å². The Morgan fingerprint density at radius 1 is 1.28 bits per heavy atom. The first-order valence-electron chi connectivity index (χ1n) is 7.51. The molecule has 1 heterocycles. The summed E-state index contributed by atoms with van der Waals surface area (Å²) >= 11 is 0. The molecule has 2 nitrogen and oxygen atoms in total. The Bertz CT molecular complexity index is 446. The van der Waals surface area contributed by atoms with Crippen molar-refractivity contribution in [2.24, 2.45) is 17.8 Å². The molecule has 1 N–H and O–H groups in total. The zero-order chi connectivity index (χ0) is 12.1. The fourth-order valence-electron chi connectivity index (χ4n) is 4.86. The number of nitrogens with one attached hydrogen (secondary N) is 1. The van der Waals surface area contributed by atoms with Crippen LogP contribution in [0.2, 0.25) is 0 Å². The third-order valence-corrected chi connectivity index (χ3v) is 5.66. The molecule has 3 aliphatic carbocycles. The van der Waals surface area contributed by atoms with Gasteiger partial charge in [0.25, 0.3) is 0 Å². The summed E-state index contributed by atoms with van der Waals surface area (Å²) in [6.07, 6.45) is 8.94. The number of hydrogen-bond donors (Lipinski definition) is 1. The highest BCUT2D eigenvalue weighted by molar-refractivity contribution is 5.31. The summed E-state index contributed by atoms with van der Waals surface area (Å²) in [5.74, 6) is 3.69. The van der Waals surface area contributed by atoms with Gasteiger partial charge in [-0.05, 0) is 62.1 Å². The summed E-state index contributed by atoms with van der Waals surface area (Å²) in [6.45, 7) is 0. The maximum absolute atomic E-state index is 4.67. The molecule has 96 valence electrons. The number of aryl methyl sites for hydroxylation is 1. The molecule has 4 rings (SSSR count). The van der Waals surface area contributed by atoms with Crippen molar-refractivity contribution in [2.75, 3.05) is 7.05 Å². The van der Waals surface area contributed by atoms with Gasteiger partial charge in [0, 0.05) is 23.9 Å². The van der Waals surface area contributed by atoms with Crippen LogP contribution in [0.15, 0.2) is 18.3 Å². The van der Waals surface area contributed by atoms with Crippen LogP contribution in [-0.4, -0.2) is 18.1 Å². The zero-order valence-electron chi connectivity index (χ0n) is 11.1. The minimum atomic E-state index is 0.668. The second-order valence-electron chi connectivity index (χ2n) is 6.34. The van der Waals surface area contributed by atoms with Crippen molar-refractivity contribution >= 4 is 0 Å². The third-order valence-electron chi connectivity index (χ3n) is 5.66. The van der Waals surface area contributed by atoms with E-state index in [0.29, 0.717) is 12.0 Å². The van der Waals surface area contributed by atoms with Gasteiger partial charge in [-0.1, -0.05) is 12.5 Å². The fraction of sp³-hybridized carbons (Fsp3) is 0.688. The molecule has 2 saturated carbocycles. The Labute approximate surface area is 109 Å². The predicted octanol–water partition coefficient (Wildman–Crippen LogP) is 2.75. The van der Waals surface area contributed by atoms with Gasteiger partial charge in [0.2, 0.25) is 0 Å². The molecular formula is C16H22N2. The average Bonchev–Trinajstić information content (AvgIpc) is 2.83. The van der Waals surface area contributed by atoms with Gasteiger partial charge in [-0.3, -0.25) is 4.98 Å². The van der Waals surface area contributed by atoms with E-state index in [1.807, 2.05) is 6.20 Å². The SMILES string of the molecule is CNC(C1CCc2cccnc21)C1C2CCCC21. The van der Waals surface area contributed by atoms with Gasteiger partial charge in [0.15, 0.2) is 0 Å². The van der Waals surface area contributed by atoms with E-state index in [1.54, 1.807) is 0 Å². The summed E-state index contributed by atoms with van der Waals surface area (Å²) in [4.78, 5) is 4.67. The molecule has 2 fully saturated rings. The van der Waals surface area contributed by atoms with Crippen molar-refractivity contribution < 1.29 is 0 Å². The van der Waals surface area contributed by atoms with Crippen LogP contribution < -0.4 is 5.32 Å². The molecule has 3 aliphatic rings. The molecule has 1 aromatic heterocycles. The van der Waals surface area contributed by atoms with Crippen molar-refractivity contribution in [2.45, 2.75) is 44.1 Å². The van der Waals surface area contributed by atoms with Gasteiger partial charge in [0.1, 0.15) is 0 Å². The van der Waals surface area contributed by atoms with Crippen LogP contribution >= 0.6 is 0 Å². The van der Waals surface area contributed by atoms with Crippen molar-refractivity contribution in [1.82, 2.24) is 10.3 Å². The highest BCUT2D eigenvalue weighted by atomic mass is 14.9. The van der Waals surface area contributed by atoms with Crippen molar-refractivity contribution in [3.63, 3.8) is 0 Å². The number of rotatable bonds is 3. The maximum atomic E-state index is 4.67. The van der Waals surface area contributed by atoms with Crippen LogP contribution in [0.4, 0.5) is 0 Å². The number of likely N-dealkylation sites (N-methyl/N-ethyl adjacent to an activating group) is 1. The number of hydrogen-bond acceptors (Lipinski definition) is 2. The van der Waals surface area contributed by atoms with Gasteiger partial charge in [-0.15, -0.1) is 0 Å². The van der Waals surface area contributed by atoms with Gasteiger partial charge < -0.3 is 5.32 Å². The summed E-state index contributed by atoms with van der Waals surface area (Å²) in [5.41, 5.74) is 2.88. The summed E-state index contributed by atoms with van der Waals surface area (Å²) in [6, 6.07) is 5.03. The van der Waals surface area contributed by atoms with Crippen molar-refractivity contribution in [3.8, 4) is 0 Å². The predicted molar refractivity (Wildman–Crippen MR) is 72.5 cm³/mol. The molecule has 0 aliphatic heterocycles. The summed E-state index contributed by atoms with van der Waals surface area (Å²) in [7, 11) is 2.15. The van der Waals surface area contributed by atoms with Crippen LogP contribution in [0, 0.1) is 17.8 Å². The van der Waals surface area contributed by atoms with Gasteiger partial charge in [-0.2, -0.15) is 0 Å².